The molecule has 0 spiro atoms. The second-order valence-electron chi connectivity index (χ2n) is 7.41. The van der Waals surface area contributed by atoms with Crippen molar-refractivity contribution in [3.8, 4) is 5.75 Å². The van der Waals surface area contributed by atoms with E-state index >= 15 is 0 Å². The second kappa shape index (κ2) is 8.09. The number of carbonyl (C=O) groups is 2. The Balaban J connectivity index is 1.53. The Morgan fingerprint density at radius 3 is 2.58 bits per heavy atom. The highest BCUT2D eigenvalue weighted by atomic mass is 79.9. The fourth-order valence-corrected chi connectivity index (χ4v) is 7.30. The van der Waals surface area contributed by atoms with E-state index < -0.39 is 39.0 Å². The van der Waals surface area contributed by atoms with Gasteiger partial charge in [0.2, 0.25) is 15.9 Å². The number of amides is 1. The van der Waals surface area contributed by atoms with Crippen molar-refractivity contribution >= 4 is 66.6 Å². The van der Waals surface area contributed by atoms with Crippen molar-refractivity contribution in [3.63, 3.8) is 0 Å². The molecule has 0 unspecified atom stereocenters. The maximum absolute atomic E-state index is 13.3. The summed E-state index contributed by atoms with van der Waals surface area (Å²) in [5.41, 5.74) is 1.04. The third kappa shape index (κ3) is 4.04. The number of nitrogens with one attached hydrogen (secondary N) is 2. The number of aromatic nitrogens is 1. The summed E-state index contributed by atoms with van der Waals surface area (Å²) in [6.07, 6.45) is 0. The van der Waals surface area contributed by atoms with E-state index in [2.05, 4.69) is 26.2 Å². The van der Waals surface area contributed by atoms with Gasteiger partial charge in [0, 0.05) is 26.5 Å². The van der Waals surface area contributed by atoms with Crippen LogP contribution in [0.15, 0.2) is 61.7 Å². The highest BCUT2D eigenvalue weighted by Gasteiger charge is 2.51. The van der Waals surface area contributed by atoms with Crippen LogP contribution < -0.4 is 20.1 Å². The van der Waals surface area contributed by atoms with Crippen molar-refractivity contribution in [1.29, 1.82) is 0 Å². The lowest BCUT2D eigenvalue weighted by Gasteiger charge is -2.38. The summed E-state index contributed by atoms with van der Waals surface area (Å²) in [5.74, 6) is -2.04. The highest BCUT2D eigenvalue weighted by molar-refractivity contribution is 9.10. The fourth-order valence-electron chi connectivity index (χ4n) is 3.94. The van der Waals surface area contributed by atoms with E-state index in [0.717, 1.165) is 27.6 Å². The van der Waals surface area contributed by atoms with Crippen LogP contribution in [0.4, 0.5) is 5.69 Å². The first-order chi connectivity index (χ1) is 15.6. The van der Waals surface area contributed by atoms with Crippen LogP contribution in [0, 0.1) is 5.92 Å². The maximum Gasteiger partial charge on any atom is 0.317 e. The van der Waals surface area contributed by atoms with E-state index in [9.17, 15) is 22.8 Å². The number of hydrogen-bond donors (Lipinski definition) is 3. The molecule has 170 valence electrons. The van der Waals surface area contributed by atoms with Crippen LogP contribution in [0.25, 0.3) is 0 Å². The number of carbonyl (C=O) groups excluding carboxylic acids is 2. The van der Waals surface area contributed by atoms with Crippen molar-refractivity contribution < 1.29 is 22.7 Å². The number of nitrogens with two attached hydrogens (primary N) is 1. The Hall–Kier alpha value is -2.45. The molecule has 0 saturated heterocycles. The third-order valence-electron chi connectivity index (χ3n) is 5.35. The SMILES string of the molecule is NS(=O)(=O)c1ccc(NC(=O)[C@@H]2Sc3[nH]c(=O)sc3[C@@H]3c4cc(Br)ccc4OC(=O)[C@H]32)cc1. The van der Waals surface area contributed by atoms with Crippen molar-refractivity contribution in [1.82, 2.24) is 4.98 Å². The number of thiazole rings is 1. The van der Waals surface area contributed by atoms with Crippen LogP contribution in [0.3, 0.4) is 0 Å². The Labute approximate surface area is 203 Å². The standard InChI is InChI=1S/C20H14BrN3O6S3/c21-8-1-6-12-11(7-8)13-14(19(26)30-12)15(31-18-16(13)32-20(27)24-18)17(25)23-9-2-4-10(5-3-9)33(22,28)29/h1-7,13-15H,(H,23,25)(H,24,27)(H2,22,28,29)/t13-,14-,15-/m1/s1. The lowest BCUT2D eigenvalue weighted by molar-refractivity contribution is -0.142. The molecule has 1 amide bonds. The van der Waals surface area contributed by atoms with Gasteiger partial charge in [-0.15, -0.1) is 0 Å². The minimum absolute atomic E-state index is 0.0915. The minimum Gasteiger partial charge on any atom is -0.426 e. The predicted octanol–water partition coefficient (Wildman–Crippen LogP) is 2.63. The zero-order valence-electron chi connectivity index (χ0n) is 16.4. The summed E-state index contributed by atoms with van der Waals surface area (Å²) in [6.45, 7) is 0. The summed E-state index contributed by atoms with van der Waals surface area (Å²) in [7, 11) is -3.87. The molecule has 0 bridgehead atoms. The molecule has 3 atom stereocenters. The largest absolute Gasteiger partial charge is 0.426 e. The number of rotatable bonds is 3. The first-order valence-corrected chi connectivity index (χ1v) is 13.5. The summed E-state index contributed by atoms with van der Waals surface area (Å²) in [4.78, 5) is 41.5. The molecule has 0 fully saturated rings. The summed E-state index contributed by atoms with van der Waals surface area (Å²) < 4.78 is 29.2. The Bertz CT molecular complexity index is 1460. The van der Waals surface area contributed by atoms with Gasteiger partial charge < -0.3 is 15.0 Å². The van der Waals surface area contributed by atoms with Gasteiger partial charge in [-0.2, -0.15) is 0 Å². The minimum atomic E-state index is -3.87. The van der Waals surface area contributed by atoms with Crippen molar-refractivity contribution in [2.75, 3.05) is 5.32 Å². The number of benzene rings is 2. The van der Waals surface area contributed by atoms with Crippen molar-refractivity contribution in [2.24, 2.45) is 11.1 Å². The Morgan fingerprint density at radius 1 is 1.15 bits per heavy atom. The Kier molecular flexibility index (Phi) is 5.48. The number of ether oxygens (including phenoxy) is 1. The van der Waals surface area contributed by atoms with Crippen LogP contribution in [-0.4, -0.2) is 30.5 Å². The lowest BCUT2D eigenvalue weighted by atomic mass is 9.80. The van der Waals surface area contributed by atoms with Gasteiger partial charge in [-0.25, -0.2) is 13.6 Å². The number of fused-ring (bicyclic) bond motifs is 5. The normalized spacial score (nSPS) is 21.4. The molecule has 4 N–H and O–H groups in total. The van der Waals surface area contributed by atoms with Gasteiger partial charge >= 0.3 is 10.8 Å². The van der Waals surface area contributed by atoms with E-state index in [0.29, 0.717) is 26.9 Å². The molecule has 2 aliphatic heterocycles. The predicted molar refractivity (Wildman–Crippen MR) is 126 cm³/mol. The van der Waals surface area contributed by atoms with Gasteiger partial charge in [0.05, 0.1) is 15.8 Å². The molecular weight excluding hydrogens is 554 g/mol. The van der Waals surface area contributed by atoms with Crippen LogP contribution >= 0.6 is 39.0 Å². The number of sulfonamides is 1. The molecule has 9 nitrogen and oxygen atoms in total. The monoisotopic (exact) mass is 567 g/mol. The van der Waals surface area contributed by atoms with Crippen LogP contribution in [0.5, 0.6) is 5.75 Å². The van der Waals surface area contributed by atoms with E-state index in [1.165, 1.54) is 24.3 Å². The molecule has 2 aromatic carbocycles. The van der Waals surface area contributed by atoms with Crippen LogP contribution in [0.1, 0.15) is 16.4 Å². The smallest absolute Gasteiger partial charge is 0.317 e. The van der Waals surface area contributed by atoms with Gasteiger partial charge in [0.25, 0.3) is 0 Å². The number of aromatic amines is 1. The molecule has 0 aliphatic carbocycles. The van der Waals surface area contributed by atoms with Gasteiger partial charge in [0.1, 0.15) is 11.0 Å². The molecule has 0 radical (unpaired) electrons. The summed E-state index contributed by atoms with van der Waals surface area (Å²) in [5, 5.41) is 7.47. The fraction of sp³-hybridized carbons (Fsp3) is 0.150. The van der Waals surface area contributed by atoms with E-state index in [4.69, 9.17) is 9.88 Å². The van der Waals surface area contributed by atoms with Gasteiger partial charge in [0.15, 0.2) is 0 Å². The molecule has 3 aromatic rings. The number of thioether (sulfide) groups is 1. The number of halogens is 1. The third-order valence-corrected chi connectivity index (χ3v) is 9.19. The van der Waals surface area contributed by atoms with Gasteiger partial charge in [-0.05, 0) is 42.5 Å². The quantitative estimate of drug-likeness (QED) is 0.325. The van der Waals surface area contributed by atoms with Gasteiger partial charge in [-0.1, -0.05) is 39.0 Å². The average molecular weight is 568 g/mol. The maximum atomic E-state index is 13.3. The first kappa shape index (κ1) is 22.3. The van der Waals surface area contributed by atoms with Gasteiger partial charge in [-0.3, -0.25) is 14.4 Å². The number of esters is 1. The number of H-pyrrole nitrogens is 1. The lowest BCUT2D eigenvalue weighted by Crippen LogP contribution is -2.46. The van der Waals surface area contributed by atoms with E-state index in [-0.39, 0.29) is 9.77 Å². The molecule has 2 aliphatic rings. The highest BCUT2D eigenvalue weighted by Crippen LogP contribution is 2.54. The summed E-state index contributed by atoms with van der Waals surface area (Å²) in [6, 6.07) is 10.6. The molecular formula is C20H14BrN3O6S3. The van der Waals surface area contributed by atoms with Crippen molar-refractivity contribution in [3.05, 3.63) is 67.0 Å². The topological polar surface area (TPSA) is 148 Å². The first-order valence-electron chi connectivity index (χ1n) is 9.46. The second-order valence-corrected chi connectivity index (χ2v) is 12.1. The van der Waals surface area contributed by atoms with E-state index in [1.54, 1.807) is 12.1 Å². The van der Waals surface area contributed by atoms with E-state index in [1.807, 2.05) is 6.07 Å². The number of anilines is 1. The molecule has 1 aromatic heterocycles. The average Bonchev–Trinajstić information content (AvgIpc) is 3.13. The Morgan fingerprint density at radius 2 is 1.88 bits per heavy atom. The molecule has 13 heteroatoms. The molecule has 5 rings (SSSR count). The zero-order chi connectivity index (χ0) is 23.5. The number of hydrogen-bond acceptors (Lipinski definition) is 8. The molecule has 33 heavy (non-hydrogen) atoms. The number of primary sulfonamides is 1. The van der Waals surface area contributed by atoms with Crippen LogP contribution in [0.2, 0.25) is 0 Å². The van der Waals surface area contributed by atoms with Crippen LogP contribution in [-0.2, 0) is 19.6 Å². The van der Waals surface area contributed by atoms with Crippen molar-refractivity contribution in [2.45, 2.75) is 21.1 Å². The zero-order valence-corrected chi connectivity index (χ0v) is 20.4. The molecule has 0 saturated carbocycles. The molecule has 3 heterocycles. The summed E-state index contributed by atoms with van der Waals surface area (Å²) >= 11 is 5.54.